The Hall–Kier alpha value is -2.32. The summed E-state index contributed by atoms with van der Waals surface area (Å²) in [6.45, 7) is 4.69. The number of nitrogens with one attached hydrogen (secondary N) is 1. The van der Waals surface area contributed by atoms with Gasteiger partial charge in [-0.2, -0.15) is 0 Å². The molecule has 0 radical (unpaired) electrons. The zero-order valence-electron chi connectivity index (χ0n) is 51.2. The minimum Gasteiger partial charge on any atom is -0.387 e. The number of aliphatic hydroxyl groups is 1. The van der Waals surface area contributed by atoms with Crippen molar-refractivity contribution in [2.24, 2.45) is 0 Å². The van der Waals surface area contributed by atoms with Crippen molar-refractivity contribution in [3.8, 4) is 0 Å². The van der Waals surface area contributed by atoms with Crippen LogP contribution < -0.4 is 5.32 Å². The van der Waals surface area contributed by atoms with Gasteiger partial charge in [-0.25, -0.2) is 4.57 Å². The summed E-state index contributed by atoms with van der Waals surface area (Å²) in [6.07, 6.45) is 82.9. The highest BCUT2D eigenvalue weighted by molar-refractivity contribution is 7.47. The lowest BCUT2D eigenvalue weighted by Gasteiger charge is -2.25. The highest BCUT2D eigenvalue weighted by Gasteiger charge is 2.27. The fourth-order valence-corrected chi connectivity index (χ4v) is 10.0. The molecule has 0 saturated carbocycles. The van der Waals surface area contributed by atoms with E-state index in [2.05, 4.69) is 92.1 Å². The van der Waals surface area contributed by atoms with Crippen LogP contribution in [0.4, 0.5) is 0 Å². The van der Waals surface area contributed by atoms with Crippen LogP contribution in [0.2, 0.25) is 0 Å². The molecule has 448 valence electrons. The Labute approximate surface area is 477 Å². The van der Waals surface area contributed by atoms with Crippen molar-refractivity contribution in [1.82, 2.24) is 5.32 Å². The molecule has 9 heteroatoms. The van der Waals surface area contributed by atoms with E-state index in [0.29, 0.717) is 17.4 Å². The number of amides is 1. The summed E-state index contributed by atoms with van der Waals surface area (Å²) in [5.74, 6) is -0.196. The molecule has 3 atom stereocenters. The first kappa shape index (κ1) is 74.7. The average molecular weight is 1100 g/mol. The molecule has 3 unspecified atom stereocenters. The Balaban J connectivity index is 4.19. The van der Waals surface area contributed by atoms with Crippen LogP contribution in [0.25, 0.3) is 0 Å². The van der Waals surface area contributed by atoms with E-state index in [4.69, 9.17) is 9.05 Å². The summed E-state index contributed by atoms with van der Waals surface area (Å²) in [6, 6.07) is -0.879. The van der Waals surface area contributed by atoms with Gasteiger partial charge in [0.05, 0.1) is 39.9 Å². The monoisotopic (exact) mass is 1100 g/mol. The largest absolute Gasteiger partial charge is 0.472 e. The molecule has 8 nitrogen and oxygen atoms in total. The number of hydrogen-bond acceptors (Lipinski definition) is 5. The Morgan fingerprint density at radius 3 is 1.19 bits per heavy atom. The smallest absolute Gasteiger partial charge is 0.387 e. The Bertz CT molecular complexity index is 1530. The van der Waals surface area contributed by atoms with Gasteiger partial charge in [-0.15, -0.1) is 0 Å². The highest BCUT2D eigenvalue weighted by atomic mass is 31.2. The number of likely N-dealkylation sites (N-methyl/N-ethyl adjacent to an activating group) is 1. The lowest BCUT2D eigenvalue weighted by Crippen LogP contribution is -2.45. The predicted molar refractivity (Wildman–Crippen MR) is 336 cm³/mol. The molecule has 0 aromatic rings. The third-order valence-electron chi connectivity index (χ3n) is 14.3. The van der Waals surface area contributed by atoms with Crippen molar-refractivity contribution in [1.29, 1.82) is 0 Å². The van der Waals surface area contributed by atoms with E-state index in [-0.39, 0.29) is 19.1 Å². The van der Waals surface area contributed by atoms with Crippen molar-refractivity contribution < 1.29 is 32.9 Å². The summed E-state index contributed by atoms with van der Waals surface area (Å²) in [4.78, 5) is 23.4. The van der Waals surface area contributed by atoms with Gasteiger partial charge in [-0.05, 0) is 83.5 Å². The molecule has 0 saturated heterocycles. The van der Waals surface area contributed by atoms with E-state index >= 15 is 0 Å². The van der Waals surface area contributed by atoms with E-state index in [1.165, 1.54) is 199 Å². The maximum Gasteiger partial charge on any atom is 0.472 e. The van der Waals surface area contributed by atoms with Gasteiger partial charge in [0.1, 0.15) is 13.2 Å². The van der Waals surface area contributed by atoms with Crippen LogP contribution >= 0.6 is 7.82 Å². The molecule has 1 amide bonds. The van der Waals surface area contributed by atoms with Crippen molar-refractivity contribution in [3.05, 3.63) is 85.1 Å². The van der Waals surface area contributed by atoms with Crippen LogP contribution in [0, 0.1) is 0 Å². The number of hydrogen-bond donors (Lipinski definition) is 3. The van der Waals surface area contributed by atoms with Crippen molar-refractivity contribution in [2.45, 2.75) is 302 Å². The van der Waals surface area contributed by atoms with E-state index in [1.54, 1.807) is 6.08 Å². The van der Waals surface area contributed by atoms with Crippen LogP contribution in [-0.4, -0.2) is 73.4 Å². The molecule has 0 aliphatic heterocycles. The predicted octanol–water partition coefficient (Wildman–Crippen LogP) is 20.4. The van der Waals surface area contributed by atoms with E-state index in [1.807, 2.05) is 27.2 Å². The molecular weight excluding hydrogens is 972 g/mol. The quantitative estimate of drug-likeness (QED) is 0.0243. The Morgan fingerprint density at radius 1 is 0.455 bits per heavy atom. The SMILES string of the molecule is CC/C=C\C/C=C\C/C=C\C/C=C\CCCCCCCCCCCCC(=O)NC(COP(=O)(O)OCC[N+](C)(C)C)C(O)/C=C/CC/C=C/CC/C=C/CCCCCCCCCCCCCCCCCCCCCCCC. The Kier molecular flexibility index (Phi) is 56.6. The van der Waals surface area contributed by atoms with Gasteiger partial charge in [0, 0.05) is 6.42 Å². The van der Waals surface area contributed by atoms with Crippen molar-refractivity contribution in [2.75, 3.05) is 40.9 Å². The summed E-state index contributed by atoms with van der Waals surface area (Å²) in [5.41, 5.74) is 0. The molecular formula is C68H126N2O6P+. The molecule has 0 spiro atoms. The summed E-state index contributed by atoms with van der Waals surface area (Å²) in [7, 11) is 1.54. The second-order valence-corrected chi connectivity index (χ2v) is 24.5. The first-order valence-corrected chi connectivity index (χ1v) is 34.0. The highest BCUT2D eigenvalue weighted by Crippen LogP contribution is 2.43. The van der Waals surface area contributed by atoms with Gasteiger partial charge >= 0.3 is 7.82 Å². The standard InChI is InChI=1S/C68H125N2O6P/c1-6-8-10-12-14-16-18-20-22-24-26-28-30-31-32-33-34-35-36-37-38-40-41-43-45-47-49-51-53-55-57-59-61-67(71)66(65-76-77(73,74)75-64-63-70(3,4)5)69-68(72)62-60-58-56-54-52-50-48-46-44-42-39-29-27-25-23-21-19-17-15-13-11-9-7-2/h9,11,15,17,21,23,27,29,43,45,51,53,59,61,66-67,71H,6-8,10,12-14,16,18-20,22,24-26,28,30-42,44,46-50,52,54-58,60,62-65H2,1-5H3,(H-,69,72,73,74)/p+1/b11-9-,17-15-,23-21-,29-27-,45-43+,53-51+,61-59+. The van der Waals surface area contributed by atoms with Gasteiger partial charge in [0.2, 0.25) is 5.91 Å². The first-order chi connectivity index (χ1) is 37.5. The zero-order chi connectivity index (χ0) is 56.3. The molecule has 77 heavy (non-hydrogen) atoms. The van der Waals surface area contributed by atoms with Crippen LogP contribution in [-0.2, 0) is 18.4 Å². The van der Waals surface area contributed by atoms with Crippen molar-refractivity contribution in [3.63, 3.8) is 0 Å². The molecule has 0 heterocycles. The van der Waals surface area contributed by atoms with Crippen LogP contribution in [0.1, 0.15) is 290 Å². The fraction of sp³-hybridized carbons (Fsp3) is 0.779. The molecule has 0 bridgehead atoms. The van der Waals surface area contributed by atoms with Gasteiger partial charge in [-0.3, -0.25) is 13.8 Å². The van der Waals surface area contributed by atoms with E-state index < -0.39 is 20.0 Å². The van der Waals surface area contributed by atoms with Crippen LogP contribution in [0.3, 0.4) is 0 Å². The van der Waals surface area contributed by atoms with E-state index in [0.717, 1.165) is 70.6 Å². The molecule has 0 aliphatic carbocycles. The third-order valence-corrected chi connectivity index (χ3v) is 15.3. The van der Waals surface area contributed by atoms with Gasteiger partial charge < -0.3 is 19.8 Å². The number of allylic oxidation sites excluding steroid dienone is 13. The normalized spacial score (nSPS) is 14.3. The van der Waals surface area contributed by atoms with Gasteiger partial charge in [-0.1, -0.05) is 285 Å². The third kappa shape index (κ3) is 61.2. The molecule has 0 aromatic carbocycles. The number of nitrogens with zero attached hydrogens (tertiary/aromatic N) is 1. The van der Waals surface area contributed by atoms with Gasteiger partial charge in [0.15, 0.2) is 0 Å². The second kappa shape index (κ2) is 58.3. The number of phosphoric ester groups is 1. The fourth-order valence-electron chi connectivity index (χ4n) is 9.30. The number of carbonyl (C=O) groups excluding carboxylic acids is 1. The summed E-state index contributed by atoms with van der Waals surface area (Å²) in [5, 5.41) is 13.9. The number of carbonyl (C=O) groups is 1. The Morgan fingerprint density at radius 2 is 0.792 bits per heavy atom. The number of quaternary nitrogens is 1. The summed E-state index contributed by atoms with van der Waals surface area (Å²) < 4.78 is 23.7. The lowest BCUT2D eigenvalue weighted by atomic mass is 10.0. The number of rotatable bonds is 59. The maximum absolute atomic E-state index is 13.0. The molecule has 0 aliphatic rings. The topological polar surface area (TPSA) is 105 Å². The second-order valence-electron chi connectivity index (χ2n) is 23.1. The van der Waals surface area contributed by atoms with Gasteiger partial charge in [0.25, 0.3) is 0 Å². The minimum atomic E-state index is -4.37. The number of phosphoric acid groups is 1. The lowest BCUT2D eigenvalue weighted by molar-refractivity contribution is -0.870. The molecule has 0 rings (SSSR count). The summed E-state index contributed by atoms with van der Waals surface area (Å²) >= 11 is 0. The molecule has 3 N–H and O–H groups in total. The van der Waals surface area contributed by atoms with Crippen LogP contribution in [0.15, 0.2) is 85.1 Å². The molecule has 0 aromatic heterocycles. The minimum absolute atomic E-state index is 0.0491. The zero-order valence-corrected chi connectivity index (χ0v) is 52.1. The average Bonchev–Trinajstić information content (AvgIpc) is 3.39. The van der Waals surface area contributed by atoms with E-state index in [9.17, 15) is 19.4 Å². The number of aliphatic hydroxyl groups excluding tert-OH is 1. The van der Waals surface area contributed by atoms with Crippen LogP contribution in [0.5, 0.6) is 0 Å². The number of unbranched alkanes of at least 4 members (excludes halogenated alkanes) is 34. The maximum atomic E-state index is 13.0. The van der Waals surface area contributed by atoms with Crippen molar-refractivity contribution >= 4 is 13.7 Å². The molecule has 0 fully saturated rings. The first-order valence-electron chi connectivity index (χ1n) is 32.5.